The lowest BCUT2D eigenvalue weighted by atomic mass is 10.0. The van der Waals surface area contributed by atoms with E-state index >= 15 is 0 Å². The molecule has 140 valence electrons. The maximum atomic E-state index is 13.2. The molecule has 2 aromatic heterocycles. The number of ether oxygens (including phenoxy) is 1. The van der Waals surface area contributed by atoms with E-state index in [2.05, 4.69) is 4.90 Å². The van der Waals surface area contributed by atoms with Gasteiger partial charge < -0.3 is 13.6 Å². The van der Waals surface area contributed by atoms with Crippen LogP contribution in [-0.2, 0) is 13.1 Å². The van der Waals surface area contributed by atoms with E-state index in [1.165, 1.54) is 0 Å². The van der Waals surface area contributed by atoms with Crippen molar-refractivity contribution < 1.29 is 13.6 Å². The highest BCUT2D eigenvalue weighted by Crippen LogP contribution is 2.34. The SMILES string of the molecule is Cc1oc2c3c(ccc2c(=O)c1-c1ccccc1)OCN(Cc1ccco1)C3. The predicted molar refractivity (Wildman–Crippen MR) is 106 cm³/mol. The summed E-state index contributed by atoms with van der Waals surface area (Å²) in [6.45, 7) is 3.56. The van der Waals surface area contributed by atoms with Gasteiger partial charge in [0.2, 0.25) is 5.43 Å². The van der Waals surface area contributed by atoms with Crippen molar-refractivity contribution in [3.63, 3.8) is 0 Å². The highest BCUT2D eigenvalue weighted by Gasteiger charge is 2.24. The molecule has 1 aliphatic heterocycles. The van der Waals surface area contributed by atoms with Crippen molar-refractivity contribution in [1.82, 2.24) is 4.90 Å². The smallest absolute Gasteiger partial charge is 0.200 e. The van der Waals surface area contributed by atoms with Gasteiger partial charge >= 0.3 is 0 Å². The van der Waals surface area contributed by atoms with E-state index in [-0.39, 0.29) is 5.43 Å². The number of nitrogens with zero attached hydrogens (tertiary/aromatic N) is 1. The van der Waals surface area contributed by atoms with E-state index in [0.29, 0.717) is 42.1 Å². The van der Waals surface area contributed by atoms with Crippen molar-refractivity contribution in [3.8, 4) is 16.9 Å². The standard InChI is InChI=1S/C23H19NO4/c1-15-21(16-6-3-2-4-7-16)22(25)18-9-10-20-19(23(18)28-15)13-24(14-27-20)12-17-8-5-11-26-17/h2-11H,12-14H2,1H3. The van der Waals surface area contributed by atoms with E-state index in [1.54, 1.807) is 12.3 Å². The molecule has 2 aromatic carbocycles. The van der Waals surface area contributed by atoms with Crippen LogP contribution in [0.1, 0.15) is 17.1 Å². The Balaban J connectivity index is 1.61. The van der Waals surface area contributed by atoms with Gasteiger partial charge in [0.05, 0.1) is 29.3 Å². The van der Waals surface area contributed by atoms with Gasteiger partial charge in [-0.3, -0.25) is 9.69 Å². The summed E-state index contributed by atoms with van der Waals surface area (Å²) in [5.74, 6) is 2.25. The Bertz CT molecular complexity index is 1190. The number of aryl methyl sites for hydroxylation is 1. The van der Waals surface area contributed by atoms with E-state index in [9.17, 15) is 4.79 Å². The first kappa shape index (κ1) is 16.8. The van der Waals surface area contributed by atoms with Gasteiger partial charge in [-0.25, -0.2) is 0 Å². The zero-order valence-electron chi connectivity index (χ0n) is 15.5. The molecule has 0 bridgehead atoms. The molecule has 28 heavy (non-hydrogen) atoms. The molecule has 0 saturated heterocycles. The molecule has 4 aromatic rings. The average Bonchev–Trinajstić information content (AvgIpc) is 3.22. The Morgan fingerprint density at radius 1 is 1.04 bits per heavy atom. The number of hydrogen-bond donors (Lipinski definition) is 0. The minimum Gasteiger partial charge on any atom is -0.478 e. The van der Waals surface area contributed by atoms with Gasteiger partial charge in [-0.05, 0) is 36.8 Å². The molecule has 0 unspecified atom stereocenters. The topological polar surface area (TPSA) is 55.8 Å². The molecule has 0 saturated carbocycles. The molecule has 0 atom stereocenters. The van der Waals surface area contributed by atoms with Crippen molar-refractivity contribution in [3.05, 3.63) is 88.2 Å². The Kier molecular flexibility index (Phi) is 4.02. The Labute approximate surface area is 161 Å². The fourth-order valence-electron chi connectivity index (χ4n) is 3.78. The van der Waals surface area contributed by atoms with Crippen LogP contribution >= 0.6 is 0 Å². The first-order valence-corrected chi connectivity index (χ1v) is 9.23. The molecule has 5 rings (SSSR count). The summed E-state index contributed by atoms with van der Waals surface area (Å²) in [7, 11) is 0. The molecule has 0 amide bonds. The molecule has 5 heteroatoms. The van der Waals surface area contributed by atoms with Crippen LogP contribution in [0.25, 0.3) is 22.1 Å². The molecule has 3 heterocycles. The van der Waals surface area contributed by atoms with Gasteiger partial charge in [-0.15, -0.1) is 0 Å². The summed E-state index contributed by atoms with van der Waals surface area (Å²) in [5.41, 5.74) is 2.95. The van der Waals surface area contributed by atoms with Gasteiger partial charge in [0.25, 0.3) is 0 Å². The monoisotopic (exact) mass is 373 g/mol. The Morgan fingerprint density at radius 2 is 1.89 bits per heavy atom. The molecule has 5 nitrogen and oxygen atoms in total. The molecule has 0 aliphatic carbocycles. The Morgan fingerprint density at radius 3 is 2.68 bits per heavy atom. The van der Waals surface area contributed by atoms with Gasteiger partial charge in [0.15, 0.2) is 0 Å². The minimum atomic E-state index is -0.0177. The summed E-state index contributed by atoms with van der Waals surface area (Å²) in [5, 5.41) is 0.576. The van der Waals surface area contributed by atoms with Crippen molar-refractivity contribution in [2.75, 3.05) is 6.73 Å². The van der Waals surface area contributed by atoms with Crippen molar-refractivity contribution >= 4 is 11.0 Å². The van der Waals surface area contributed by atoms with Crippen LogP contribution in [-0.4, -0.2) is 11.6 Å². The van der Waals surface area contributed by atoms with Crippen LogP contribution in [0.5, 0.6) is 5.75 Å². The lowest BCUT2D eigenvalue weighted by Gasteiger charge is -2.28. The van der Waals surface area contributed by atoms with Crippen molar-refractivity contribution in [2.24, 2.45) is 0 Å². The third-order valence-corrected chi connectivity index (χ3v) is 5.10. The molecule has 1 aliphatic rings. The van der Waals surface area contributed by atoms with E-state index in [1.807, 2.05) is 55.5 Å². The summed E-state index contributed by atoms with van der Waals surface area (Å²) < 4.78 is 17.5. The van der Waals surface area contributed by atoms with Crippen molar-refractivity contribution in [1.29, 1.82) is 0 Å². The average molecular weight is 373 g/mol. The van der Waals surface area contributed by atoms with Gasteiger partial charge in [-0.1, -0.05) is 30.3 Å². The van der Waals surface area contributed by atoms with E-state index < -0.39 is 0 Å². The predicted octanol–water partition coefficient (Wildman–Crippen LogP) is 4.71. The maximum absolute atomic E-state index is 13.2. The quantitative estimate of drug-likeness (QED) is 0.520. The van der Waals surface area contributed by atoms with Gasteiger partial charge in [0, 0.05) is 6.54 Å². The van der Waals surface area contributed by atoms with Crippen LogP contribution in [0.2, 0.25) is 0 Å². The summed E-state index contributed by atoms with van der Waals surface area (Å²) in [6, 6.07) is 17.1. The van der Waals surface area contributed by atoms with Gasteiger partial charge in [-0.2, -0.15) is 0 Å². The third kappa shape index (κ3) is 2.80. The largest absolute Gasteiger partial charge is 0.478 e. The minimum absolute atomic E-state index is 0.0177. The highest BCUT2D eigenvalue weighted by atomic mass is 16.5. The molecule has 0 fully saturated rings. The molecular weight excluding hydrogens is 354 g/mol. The normalized spacial score (nSPS) is 14.0. The first-order valence-electron chi connectivity index (χ1n) is 9.23. The molecule has 0 N–H and O–H groups in total. The molecular formula is C23H19NO4. The third-order valence-electron chi connectivity index (χ3n) is 5.10. The van der Waals surface area contributed by atoms with Crippen LogP contribution < -0.4 is 10.2 Å². The molecule has 0 spiro atoms. The number of furan rings is 1. The van der Waals surface area contributed by atoms with Gasteiger partial charge in [0.1, 0.15) is 29.6 Å². The highest BCUT2D eigenvalue weighted by molar-refractivity contribution is 5.86. The van der Waals surface area contributed by atoms with Crippen molar-refractivity contribution in [2.45, 2.75) is 20.0 Å². The second-order valence-electron chi connectivity index (χ2n) is 6.99. The van der Waals surface area contributed by atoms with Crippen LogP contribution in [0.3, 0.4) is 0 Å². The zero-order valence-corrected chi connectivity index (χ0v) is 15.5. The summed E-state index contributed by atoms with van der Waals surface area (Å²) >= 11 is 0. The number of fused-ring (bicyclic) bond motifs is 3. The van der Waals surface area contributed by atoms with Crippen LogP contribution in [0, 0.1) is 6.92 Å². The summed E-state index contributed by atoms with van der Waals surface area (Å²) in [6.07, 6.45) is 1.66. The second kappa shape index (κ2) is 6.69. The molecule has 0 radical (unpaired) electrons. The lowest BCUT2D eigenvalue weighted by molar-refractivity contribution is 0.0826. The van der Waals surface area contributed by atoms with E-state index in [0.717, 1.165) is 22.6 Å². The maximum Gasteiger partial charge on any atom is 0.200 e. The Hall–Kier alpha value is -3.31. The van der Waals surface area contributed by atoms with Crippen LogP contribution in [0.15, 0.2) is 74.5 Å². The fraction of sp³-hybridized carbons (Fsp3) is 0.174. The number of rotatable bonds is 3. The zero-order chi connectivity index (χ0) is 19.1. The van der Waals surface area contributed by atoms with Crippen LogP contribution in [0.4, 0.5) is 0 Å². The second-order valence-corrected chi connectivity index (χ2v) is 6.99. The fourth-order valence-corrected chi connectivity index (χ4v) is 3.78. The first-order chi connectivity index (χ1) is 13.7. The lowest BCUT2D eigenvalue weighted by Crippen LogP contribution is -2.31. The van der Waals surface area contributed by atoms with E-state index in [4.69, 9.17) is 13.6 Å². The number of hydrogen-bond acceptors (Lipinski definition) is 5. The number of benzene rings is 2. The summed E-state index contributed by atoms with van der Waals surface area (Å²) in [4.78, 5) is 15.4.